The molecule has 1 aromatic heterocycles. The topological polar surface area (TPSA) is 11.4 Å². The summed E-state index contributed by atoms with van der Waals surface area (Å²) in [7, 11) is 0. The first-order valence-corrected chi connectivity index (χ1v) is 35.3. The van der Waals surface area contributed by atoms with Crippen LogP contribution >= 0.6 is 0 Å². The molecular formula is C94H121N3. The highest BCUT2D eigenvalue weighted by Gasteiger charge is 2.39. The minimum absolute atomic E-state index is 0.0295. The third-order valence-electron chi connectivity index (χ3n) is 19.3. The summed E-state index contributed by atoms with van der Waals surface area (Å²) in [6.07, 6.45) is 32.0. The molecule has 10 rings (SSSR count). The number of rotatable bonds is 14. The number of allylic oxidation sites excluding steroid dienone is 19. The quantitative estimate of drug-likeness (QED) is 0.0795. The molecule has 6 aromatic rings. The third kappa shape index (κ3) is 17.8. The Kier molecular flexibility index (Phi) is 29.8. The molecule has 512 valence electrons. The predicted octanol–water partition coefficient (Wildman–Crippen LogP) is 27.4. The van der Waals surface area contributed by atoms with E-state index in [1.807, 2.05) is 45.9 Å². The van der Waals surface area contributed by atoms with E-state index in [4.69, 9.17) is 6.58 Å². The smallest absolute Gasteiger partial charge is 0.0491 e. The molecule has 0 aliphatic heterocycles. The highest BCUT2D eigenvalue weighted by atomic mass is 15.2. The van der Waals surface area contributed by atoms with E-state index >= 15 is 0 Å². The molecule has 0 bridgehead atoms. The average Bonchev–Trinajstić information content (AvgIpc) is 1.73. The largest absolute Gasteiger partial charge is 0.346 e. The number of benzene rings is 5. The lowest BCUT2D eigenvalue weighted by molar-refractivity contribution is 0.517. The van der Waals surface area contributed by atoms with E-state index in [1.165, 1.54) is 101 Å². The lowest BCUT2D eigenvalue weighted by atomic mass is 9.70. The average molecular weight is 1290 g/mol. The Balaban J connectivity index is 0.000000360. The van der Waals surface area contributed by atoms with Gasteiger partial charge in [-0.25, -0.2) is 0 Å². The second-order valence-electron chi connectivity index (χ2n) is 27.1. The van der Waals surface area contributed by atoms with Gasteiger partial charge in [-0.2, -0.15) is 0 Å². The van der Waals surface area contributed by atoms with Crippen LogP contribution in [0.4, 0.5) is 11.4 Å². The highest BCUT2D eigenvalue weighted by molar-refractivity contribution is 5.83. The monoisotopic (exact) mass is 1290 g/mol. The molecule has 1 atom stereocenters. The van der Waals surface area contributed by atoms with Crippen molar-refractivity contribution in [2.24, 2.45) is 16.7 Å². The molecule has 3 nitrogen and oxygen atoms in total. The van der Waals surface area contributed by atoms with Gasteiger partial charge < -0.3 is 14.4 Å². The van der Waals surface area contributed by atoms with Gasteiger partial charge in [0.2, 0.25) is 0 Å². The maximum absolute atomic E-state index is 4.76. The van der Waals surface area contributed by atoms with Gasteiger partial charge in [0.1, 0.15) is 0 Å². The summed E-state index contributed by atoms with van der Waals surface area (Å²) in [5.74, 6) is 0.453. The van der Waals surface area contributed by atoms with Crippen LogP contribution in [0.25, 0.3) is 34.0 Å². The Hall–Kier alpha value is -8.92. The standard InChI is InChI=1S/C50H54N2.C20H23N.C14H20.C4H8.2C2H6.C2H4/c1-12-17-46-39(13-2)19-16-20-41(30-31-49(46,8)9)51(43-27-28-45-44-21-15-14-18-40(44)33-50(10,11)47(45)32-43)35(4)24-29-48-37(6)36(5)38(7)52(48)42-25-22-34(3)23-26-42;1-6-21(14(2)3)15-11-12-17-16-9-7-8-10-18(16)20(4,5)19(17)13-15;1-7-9-12-10(3)11(4)14(5,6)13(12)8-2;1-3-4-2;3*1-2/h12-32H,2,4,33H2,1,3,5-11H3;7-13H,2,6H2,1,3-5H3;7-10H,2,4H2,1,3,5-6H3;3H,1,4H2,2H3;2*1-2H3;1-2H2/b17-12-,19-16+,29-24-,31-30+,41-20+,46-39-;;9-7-;;;;. The summed E-state index contributed by atoms with van der Waals surface area (Å²) < 4.78 is 2.37. The summed E-state index contributed by atoms with van der Waals surface area (Å²) >= 11 is 0. The van der Waals surface area contributed by atoms with Crippen LogP contribution in [0.3, 0.4) is 0 Å². The number of aromatic nitrogens is 1. The van der Waals surface area contributed by atoms with Gasteiger partial charge in [0.25, 0.3) is 0 Å². The van der Waals surface area contributed by atoms with Crippen molar-refractivity contribution in [1.82, 2.24) is 4.57 Å². The molecule has 0 fully saturated rings. The number of hydrogen-bond acceptors (Lipinski definition) is 2. The number of nitrogens with zero attached hydrogens (tertiary/aromatic N) is 3. The number of anilines is 2. The first-order chi connectivity index (χ1) is 46.1. The predicted molar refractivity (Wildman–Crippen MR) is 437 cm³/mol. The van der Waals surface area contributed by atoms with Crippen molar-refractivity contribution in [2.75, 3.05) is 16.3 Å². The van der Waals surface area contributed by atoms with Gasteiger partial charge in [-0.1, -0.05) is 275 Å². The van der Waals surface area contributed by atoms with Crippen LogP contribution in [-0.2, 0) is 17.3 Å². The van der Waals surface area contributed by atoms with Crippen LogP contribution in [0.2, 0.25) is 0 Å². The second-order valence-corrected chi connectivity index (χ2v) is 27.1. The van der Waals surface area contributed by atoms with Crippen molar-refractivity contribution in [3.05, 3.63) is 336 Å². The molecule has 0 saturated heterocycles. The molecule has 0 amide bonds. The Bertz CT molecular complexity index is 4030. The molecule has 4 aliphatic rings. The van der Waals surface area contributed by atoms with Crippen LogP contribution in [0.15, 0.2) is 286 Å². The Labute approximate surface area is 591 Å². The van der Waals surface area contributed by atoms with Gasteiger partial charge in [0.05, 0.1) is 0 Å². The summed E-state index contributed by atoms with van der Waals surface area (Å²) in [5, 5.41) is 0. The molecule has 1 unspecified atom stereocenters. The molecule has 0 spiro atoms. The van der Waals surface area contributed by atoms with Crippen molar-refractivity contribution in [2.45, 2.75) is 176 Å². The lowest BCUT2D eigenvalue weighted by Gasteiger charge is -2.36. The lowest BCUT2D eigenvalue weighted by Crippen LogP contribution is -2.27. The SMILES string of the molecule is C=C.C=C(C)N(CC)c1ccc2c(c1)C(C)(C)c1ccccc1-2.C=CC1=C(/C=C\C)C(C)C(=C)C1(C)C.C=CC1=C(\C=C/C)C(C)(C)/C=C/C(N(C(=C)/C=C\c2c(C)c(C)c(C)n2-c2ccc(C)cc2)c2ccc3c(c2)C(C)(C)Cc2ccccc2-3)=C\C=C\1.C=CCC.CC.CC. The van der Waals surface area contributed by atoms with Crippen molar-refractivity contribution in [3.8, 4) is 27.9 Å². The third-order valence-corrected chi connectivity index (χ3v) is 19.3. The Morgan fingerprint density at radius 3 is 1.75 bits per heavy atom. The molecular weight excluding hydrogens is 1170 g/mol. The van der Waals surface area contributed by atoms with Gasteiger partial charge in [0, 0.05) is 74.2 Å². The Morgan fingerprint density at radius 2 is 1.19 bits per heavy atom. The number of hydrogen-bond donors (Lipinski definition) is 0. The maximum atomic E-state index is 4.76. The van der Waals surface area contributed by atoms with Gasteiger partial charge >= 0.3 is 0 Å². The fourth-order valence-corrected chi connectivity index (χ4v) is 13.7. The van der Waals surface area contributed by atoms with Crippen LogP contribution in [-0.4, -0.2) is 11.1 Å². The second kappa shape index (κ2) is 35.9. The van der Waals surface area contributed by atoms with Crippen LogP contribution < -0.4 is 9.80 Å². The van der Waals surface area contributed by atoms with Crippen molar-refractivity contribution < 1.29 is 0 Å². The highest BCUT2D eigenvalue weighted by Crippen LogP contribution is 2.52. The van der Waals surface area contributed by atoms with Crippen molar-refractivity contribution in [3.63, 3.8) is 0 Å². The molecule has 4 aliphatic carbocycles. The van der Waals surface area contributed by atoms with E-state index in [0.717, 1.165) is 53.4 Å². The van der Waals surface area contributed by atoms with Crippen molar-refractivity contribution in [1.29, 1.82) is 0 Å². The molecule has 3 heteroatoms. The summed E-state index contributed by atoms with van der Waals surface area (Å²) in [6, 6.07) is 40.2. The van der Waals surface area contributed by atoms with E-state index in [2.05, 4.69) is 361 Å². The normalized spacial score (nSPS) is 18.0. The molecule has 97 heavy (non-hydrogen) atoms. The van der Waals surface area contributed by atoms with E-state index < -0.39 is 0 Å². The zero-order chi connectivity index (χ0) is 72.9. The molecule has 0 N–H and O–H groups in total. The van der Waals surface area contributed by atoms with E-state index in [0.29, 0.717) is 5.92 Å². The summed E-state index contributed by atoms with van der Waals surface area (Å²) in [5.41, 5.74) is 29.9. The molecule has 0 saturated carbocycles. The van der Waals surface area contributed by atoms with Gasteiger partial charge in [-0.3, -0.25) is 0 Å². The number of aryl methyl sites for hydroxylation is 1. The summed E-state index contributed by atoms with van der Waals surface area (Å²) in [4.78, 5) is 4.58. The van der Waals surface area contributed by atoms with Crippen LogP contribution in [0.1, 0.15) is 181 Å². The van der Waals surface area contributed by atoms with Crippen LogP contribution in [0, 0.1) is 44.4 Å². The zero-order valence-electron chi connectivity index (χ0n) is 64.2. The van der Waals surface area contributed by atoms with E-state index in [-0.39, 0.29) is 21.7 Å². The van der Waals surface area contributed by atoms with Gasteiger partial charge in [-0.05, 0) is 212 Å². The van der Waals surface area contributed by atoms with Crippen molar-refractivity contribution >= 4 is 17.5 Å². The maximum Gasteiger partial charge on any atom is 0.0491 e. The van der Waals surface area contributed by atoms with Gasteiger partial charge in [-0.15, -0.1) is 19.7 Å². The number of fused-ring (bicyclic) bond motifs is 6. The molecule has 5 aromatic carbocycles. The van der Waals surface area contributed by atoms with E-state index in [9.17, 15) is 0 Å². The van der Waals surface area contributed by atoms with Gasteiger partial charge in [0.15, 0.2) is 0 Å². The van der Waals surface area contributed by atoms with E-state index in [1.54, 1.807) is 0 Å². The molecule has 0 radical (unpaired) electrons. The fraction of sp³-hybridized carbons (Fsp3) is 0.319. The summed E-state index contributed by atoms with van der Waals surface area (Å²) in [6.45, 7) is 79.3. The zero-order valence-corrected chi connectivity index (χ0v) is 64.2. The molecule has 1 heterocycles. The minimum Gasteiger partial charge on any atom is -0.346 e. The first kappa shape index (κ1) is 80.5. The minimum atomic E-state index is -0.241. The van der Waals surface area contributed by atoms with Crippen LogP contribution in [0.5, 0.6) is 0 Å². The first-order valence-electron chi connectivity index (χ1n) is 35.3. The Morgan fingerprint density at radius 1 is 0.629 bits per heavy atom. The fourth-order valence-electron chi connectivity index (χ4n) is 13.7.